The van der Waals surface area contributed by atoms with Crippen LogP contribution in [-0.2, 0) is 6.42 Å². The minimum Gasteiger partial charge on any atom is -0.492 e. The second-order valence-electron chi connectivity index (χ2n) is 6.28. The number of aromatic nitrogens is 1. The van der Waals surface area contributed by atoms with E-state index in [1.54, 1.807) is 6.07 Å². The van der Waals surface area contributed by atoms with Crippen LogP contribution < -0.4 is 21.5 Å². The maximum absolute atomic E-state index is 11.7. The minimum atomic E-state index is -0.782. The summed E-state index contributed by atoms with van der Waals surface area (Å²) in [6.07, 6.45) is 0.853. The van der Waals surface area contributed by atoms with Crippen molar-refractivity contribution in [1.29, 1.82) is 0 Å². The van der Waals surface area contributed by atoms with Gasteiger partial charge in [0, 0.05) is 11.3 Å². The number of nitrogens with two attached hydrogens (primary N) is 2. The third-order valence-corrected chi connectivity index (χ3v) is 4.93. The predicted octanol–water partition coefficient (Wildman–Crippen LogP) is 3.35. The molecule has 0 aliphatic heterocycles. The fourth-order valence-electron chi connectivity index (χ4n) is 2.58. The number of thioether (sulfide) groups is 1. The number of carbonyl (C=O) groups excluding carboxylic acids is 2. The molecule has 8 heteroatoms. The standard InChI is InChI=1S/C19H26N4O3S/c1-4-12-5-6-16(26-7-8-27-11(2)3)13(9-12)15-10-14(17(20)24)18(22-15)23-19(21)25/h5-6,9-11,22H,4,7-8H2,1-3H3,(H2,20,24)(H3,21,23,25). The maximum Gasteiger partial charge on any atom is 0.317 e. The Morgan fingerprint density at radius 3 is 2.59 bits per heavy atom. The van der Waals surface area contributed by atoms with Crippen LogP contribution in [0.25, 0.3) is 11.3 Å². The van der Waals surface area contributed by atoms with E-state index in [1.165, 1.54) is 0 Å². The topological polar surface area (TPSA) is 123 Å². The number of rotatable bonds is 9. The highest BCUT2D eigenvalue weighted by atomic mass is 32.2. The van der Waals surface area contributed by atoms with Crippen molar-refractivity contribution in [2.45, 2.75) is 32.4 Å². The molecule has 2 aromatic rings. The Kier molecular flexibility index (Phi) is 7.18. The first-order valence-corrected chi connectivity index (χ1v) is 9.83. The second-order valence-corrected chi connectivity index (χ2v) is 7.96. The maximum atomic E-state index is 11.7. The summed E-state index contributed by atoms with van der Waals surface area (Å²) < 4.78 is 5.96. The number of primary amides is 2. The van der Waals surface area contributed by atoms with Crippen LogP contribution >= 0.6 is 11.8 Å². The van der Waals surface area contributed by atoms with Gasteiger partial charge in [0.1, 0.15) is 11.6 Å². The van der Waals surface area contributed by atoms with Gasteiger partial charge in [-0.25, -0.2) is 4.79 Å². The lowest BCUT2D eigenvalue weighted by atomic mass is 10.0. The first kappa shape index (κ1) is 20.7. The van der Waals surface area contributed by atoms with E-state index < -0.39 is 11.9 Å². The van der Waals surface area contributed by atoms with Crippen LogP contribution in [0.2, 0.25) is 0 Å². The average Bonchev–Trinajstić information content (AvgIpc) is 3.01. The second kappa shape index (κ2) is 9.36. The van der Waals surface area contributed by atoms with Gasteiger partial charge in [-0.1, -0.05) is 26.8 Å². The zero-order chi connectivity index (χ0) is 20.0. The number of hydrogen-bond acceptors (Lipinski definition) is 4. The van der Waals surface area contributed by atoms with Gasteiger partial charge in [0.25, 0.3) is 5.91 Å². The molecule has 3 amide bonds. The number of ether oxygens (including phenoxy) is 1. The first-order chi connectivity index (χ1) is 12.8. The lowest BCUT2D eigenvalue weighted by molar-refractivity contribution is 0.100. The molecule has 6 N–H and O–H groups in total. The molecule has 0 radical (unpaired) electrons. The zero-order valence-electron chi connectivity index (χ0n) is 15.8. The highest BCUT2D eigenvalue weighted by molar-refractivity contribution is 7.99. The summed E-state index contributed by atoms with van der Waals surface area (Å²) in [7, 11) is 0. The molecule has 0 bridgehead atoms. The Balaban J connectivity index is 2.37. The van der Waals surface area contributed by atoms with Crippen LogP contribution in [0, 0.1) is 0 Å². The SMILES string of the molecule is CCc1ccc(OCCSC(C)C)c(-c2cc(C(N)=O)c(NC(N)=O)[nH]2)c1. The molecule has 2 rings (SSSR count). The van der Waals surface area contributed by atoms with Crippen molar-refractivity contribution in [3.8, 4) is 17.0 Å². The van der Waals surface area contributed by atoms with E-state index in [-0.39, 0.29) is 11.4 Å². The van der Waals surface area contributed by atoms with Crippen LogP contribution in [0.3, 0.4) is 0 Å². The van der Waals surface area contributed by atoms with Gasteiger partial charge < -0.3 is 21.2 Å². The zero-order valence-corrected chi connectivity index (χ0v) is 16.6. The number of hydrogen-bond donors (Lipinski definition) is 4. The number of benzene rings is 1. The number of H-pyrrole nitrogens is 1. The molecule has 0 atom stereocenters. The predicted molar refractivity (Wildman–Crippen MR) is 110 cm³/mol. The van der Waals surface area contributed by atoms with Crippen LogP contribution in [0.5, 0.6) is 5.75 Å². The van der Waals surface area contributed by atoms with E-state index >= 15 is 0 Å². The fraction of sp³-hybridized carbons (Fsp3) is 0.368. The number of aryl methyl sites for hydroxylation is 1. The van der Waals surface area contributed by atoms with Gasteiger partial charge in [-0.05, 0) is 35.4 Å². The Bertz CT molecular complexity index is 817. The van der Waals surface area contributed by atoms with E-state index in [2.05, 4.69) is 31.1 Å². The van der Waals surface area contributed by atoms with Gasteiger partial charge in [0.2, 0.25) is 0 Å². The van der Waals surface area contributed by atoms with Crippen molar-refractivity contribution in [3.63, 3.8) is 0 Å². The Morgan fingerprint density at radius 2 is 2.00 bits per heavy atom. The molecule has 0 fully saturated rings. The largest absolute Gasteiger partial charge is 0.492 e. The number of anilines is 1. The summed E-state index contributed by atoms with van der Waals surface area (Å²) in [5, 5.41) is 2.94. The van der Waals surface area contributed by atoms with Crippen molar-refractivity contribution in [2.75, 3.05) is 17.7 Å². The third-order valence-electron chi connectivity index (χ3n) is 3.87. The molecule has 7 nitrogen and oxygen atoms in total. The van der Waals surface area contributed by atoms with Gasteiger partial charge in [-0.3, -0.25) is 10.1 Å². The van der Waals surface area contributed by atoms with E-state index in [1.807, 2.05) is 30.0 Å². The molecule has 146 valence electrons. The summed E-state index contributed by atoms with van der Waals surface area (Å²) in [5.74, 6) is 1.08. The summed E-state index contributed by atoms with van der Waals surface area (Å²) in [6, 6.07) is 6.73. The van der Waals surface area contributed by atoms with Crippen molar-refractivity contribution >= 4 is 29.5 Å². The van der Waals surface area contributed by atoms with Crippen molar-refractivity contribution in [3.05, 3.63) is 35.4 Å². The third kappa shape index (κ3) is 5.68. The number of amides is 3. The average molecular weight is 391 g/mol. The smallest absolute Gasteiger partial charge is 0.317 e. The lowest BCUT2D eigenvalue weighted by Crippen LogP contribution is -2.22. The van der Waals surface area contributed by atoms with E-state index in [9.17, 15) is 9.59 Å². The fourth-order valence-corrected chi connectivity index (χ4v) is 3.24. The van der Waals surface area contributed by atoms with Crippen LogP contribution in [-0.4, -0.2) is 34.5 Å². The van der Waals surface area contributed by atoms with Crippen molar-refractivity contribution in [2.24, 2.45) is 11.5 Å². The summed E-state index contributed by atoms with van der Waals surface area (Å²) in [6.45, 7) is 6.91. The van der Waals surface area contributed by atoms with Gasteiger partial charge in [0.05, 0.1) is 17.9 Å². The number of nitrogens with one attached hydrogen (secondary N) is 2. The molecule has 1 aromatic carbocycles. The summed E-state index contributed by atoms with van der Waals surface area (Å²) in [5.41, 5.74) is 13.3. The van der Waals surface area contributed by atoms with Crippen molar-refractivity contribution in [1.82, 2.24) is 4.98 Å². The molecule has 0 aliphatic carbocycles. The van der Waals surface area contributed by atoms with Crippen LogP contribution in [0.4, 0.5) is 10.6 Å². The number of aromatic amines is 1. The highest BCUT2D eigenvalue weighted by Crippen LogP contribution is 2.33. The van der Waals surface area contributed by atoms with Gasteiger partial charge >= 0.3 is 6.03 Å². The van der Waals surface area contributed by atoms with E-state index in [0.717, 1.165) is 23.3 Å². The molecule has 1 aromatic heterocycles. The molecular weight excluding hydrogens is 364 g/mol. The molecule has 1 heterocycles. The number of urea groups is 1. The first-order valence-electron chi connectivity index (χ1n) is 8.78. The summed E-state index contributed by atoms with van der Waals surface area (Å²) >= 11 is 1.82. The van der Waals surface area contributed by atoms with Gasteiger partial charge in [-0.15, -0.1) is 0 Å². The molecule has 27 heavy (non-hydrogen) atoms. The van der Waals surface area contributed by atoms with E-state index in [0.29, 0.717) is 23.3 Å². The van der Waals surface area contributed by atoms with Gasteiger partial charge in [-0.2, -0.15) is 11.8 Å². The molecule has 0 saturated heterocycles. The van der Waals surface area contributed by atoms with E-state index in [4.69, 9.17) is 16.2 Å². The molecule has 0 unspecified atom stereocenters. The molecular formula is C19H26N4O3S. The minimum absolute atomic E-state index is 0.159. The van der Waals surface area contributed by atoms with Crippen LogP contribution in [0.15, 0.2) is 24.3 Å². The van der Waals surface area contributed by atoms with Gasteiger partial charge in [0.15, 0.2) is 0 Å². The number of carbonyl (C=O) groups is 2. The van der Waals surface area contributed by atoms with Crippen LogP contribution in [0.1, 0.15) is 36.7 Å². The monoisotopic (exact) mass is 390 g/mol. The summed E-state index contributed by atoms with van der Waals surface area (Å²) in [4.78, 5) is 25.9. The molecule has 0 spiro atoms. The van der Waals surface area contributed by atoms with Crippen molar-refractivity contribution < 1.29 is 14.3 Å². The highest BCUT2D eigenvalue weighted by Gasteiger charge is 2.18. The lowest BCUT2D eigenvalue weighted by Gasteiger charge is -2.13. The Labute approximate surface area is 163 Å². The molecule has 0 saturated carbocycles. The Morgan fingerprint density at radius 1 is 1.26 bits per heavy atom. The quantitative estimate of drug-likeness (QED) is 0.490. The molecule has 0 aliphatic rings. The Hall–Kier alpha value is -2.61. The normalized spacial score (nSPS) is 10.8.